The lowest BCUT2D eigenvalue weighted by atomic mass is 9.73. The molecular formula is C25H34FNO2. The second kappa shape index (κ2) is 9.27. The smallest absolute Gasteiger partial charge is 0.123 e. The molecule has 0 radical (unpaired) electrons. The van der Waals surface area contributed by atoms with Gasteiger partial charge in [0, 0.05) is 13.7 Å². The fraction of sp³-hybridized carbons (Fsp3) is 0.520. The maximum Gasteiger partial charge on any atom is 0.123 e. The summed E-state index contributed by atoms with van der Waals surface area (Å²) < 4.78 is 25.9. The zero-order valence-electron chi connectivity index (χ0n) is 18.4. The van der Waals surface area contributed by atoms with Gasteiger partial charge in [-0.1, -0.05) is 32.0 Å². The molecule has 0 amide bonds. The number of methoxy groups -OCH3 is 1. The van der Waals surface area contributed by atoms with Gasteiger partial charge >= 0.3 is 0 Å². The van der Waals surface area contributed by atoms with Gasteiger partial charge in [-0.2, -0.15) is 0 Å². The Balaban J connectivity index is 1.84. The molecule has 1 fully saturated rings. The molecule has 1 aliphatic rings. The molecule has 158 valence electrons. The number of halogens is 1. The number of likely N-dealkylation sites (N-methyl/N-ethyl adjacent to an activating group) is 1. The maximum absolute atomic E-state index is 13.9. The molecule has 29 heavy (non-hydrogen) atoms. The molecular weight excluding hydrogens is 365 g/mol. The van der Waals surface area contributed by atoms with Crippen molar-refractivity contribution >= 4 is 0 Å². The van der Waals surface area contributed by atoms with E-state index in [-0.39, 0.29) is 23.4 Å². The molecule has 1 saturated carbocycles. The van der Waals surface area contributed by atoms with E-state index in [0.717, 1.165) is 49.1 Å². The average Bonchev–Trinajstić information content (AvgIpc) is 2.66. The van der Waals surface area contributed by atoms with Crippen LogP contribution in [0.2, 0.25) is 0 Å². The first-order chi connectivity index (χ1) is 13.8. The molecule has 2 unspecified atom stereocenters. The fourth-order valence-corrected chi connectivity index (χ4v) is 4.39. The summed E-state index contributed by atoms with van der Waals surface area (Å²) in [7, 11) is 5.93. The Labute approximate surface area is 174 Å². The number of ether oxygens (including phenoxy) is 2. The van der Waals surface area contributed by atoms with Gasteiger partial charge in [-0.15, -0.1) is 0 Å². The monoisotopic (exact) mass is 399 g/mol. The summed E-state index contributed by atoms with van der Waals surface area (Å²) in [4.78, 5) is 2.16. The number of hydrogen-bond donors (Lipinski definition) is 0. The van der Waals surface area contributed by atoms with E-state index in [1.54, 1.807) is 19.2 Å². The van der Waals surface area contributed by atoms with Gasteiger partial charge in [-0.05, 0) is 86.1 Å². The van der Waals surface area contributed by atoms with Crippen molar-refractivity contribution in [1.29, 1.82) is 0 Å². The summed E-state index contributed by atoms with van der Waals surface area (Å²) in [6, 6.07) is 13.1. The molecule has 2 atom stereocenters. The van der Waals surface area contributed by atoms with Crippen molar-refractivity contribution in [3.8, 4) is 16.9 Å². The second-order valence-corrected chi connectivity index (χ2v) is 9.12. The van der Waals surface area contributed by atoms with Crippen molar-refractivity contribution in [3.05, 3.63) is 53.8 Å². The molecule has 3 rings (SSSR count). The van der Waals surface area contributed by atoms with Crippen molar-refractivity contribution < 1.29 is 13.9 Å². The van der Waals surface area contributed by atoms with Crippen molar-refractivity contribution in [1.82, 2.24) is 4.90 Å². The molecule has 0 saturated heterocycles. The summed E-state index contributed by atoms with van der Waals surface area (Å²) in [5.41, 5.74) is 3.25. The summed E-state index contributed by atoms with van der Waals surface area (Å²) in [6.07, 6.45) is 4.31. The molecule has 2 aromatic rings. The Hall–Kier alpha value is -1.91. The minimum atomic E-state index is -0.216. The minimum absolute atomic E-state index is 0.0920. The third-order valence-electron chi connectivity index (χ3n) is 6.01. The summed E-state index contributed by atoms with van der Waals surface area (Å²) in [5.74, 6) is 0.640. The van der Waals surface area contributed by atoms with Crippen LogP contribution in [0.25, 0.3) is 11.1 Å². The van der Waals surface area contributed by atoms with Crippen LogP contribution in [-0.4, -0.2) is 44.9 Å². The number of rotatable bonds is 7. The second-order valence-electron chi connectivity index (χ2n) is 9.12. The molecule has 0 N–H and O–H groups in total. The summed E-state index contributed by atoms with van der Waals surface area (Å²) in [6.45, 7) is 5.44. The van der Waals surface area contributed by atoms with Crippen LogP contribution < -0.4 is 4.74 Å². The van der Waals surface area contributed by atoms with Gasteiger partial charge in [-0.25, -0.2) is 4.39 Å². The first kappa shape index (κ1) is 21.8. The molecule has 3 nitrogen and oxygen atoms in total. The van der Waals surface area contributed by atoms with Crippen LogP contribution in [0.1, 0.15) is 38.7 Å². The SMILES string of the molecule is COC1CCC(Oc2ccc(CCN(C)C)c(-c3cccc(F)c3)c2)CC1(C)C. The zero-order chi connectivity index (χ0) is 21.0. The van der Waals surface area contributed by atoms with Crippen LogP contribution in [0.3, 0.4) is 0 Å². The van der Waals surface area contributed by atoms with Crippen LogP contribution in [0.4, 0.5) is 4.39 Å². The normalized spacial score (nSPS) is 21.3. The predicted molar refractivity (Wildman–Crippen MR) is 117 cm³/mol. The maximum atomic E-state index is 13.9. The van der Waals surface area contributed by atoms with Crippen LogP contribution in [0.15, 0.2) is 42.5 Å². The Morgan fingerprint density at radius 3 is 2.55 bits per heavy atom. The van der Waals surface area contributed by atoms with E-state index in [9.17, 15) is 4.39 Å². The van der Waals surface area contributed by atoms with E-state index in [0.29, 0.717) is 0 Å². The van der Waals surface area contributed by atoms with Crippen molar-refractivity contribution in [2.45, 2.75) is 51.7 Å². The standard InChI is InChI=1S/C25H34FNO2/c1-25(2)17-22(11-12-24(25)28-5)29-21-10-9-18(13-14-27(3)4)23(16-21)19-7-6-8-20(26)15-19/h6-10,15-16,22,24H,11-14,17H2,1-5H3. The van der Waals surface area contributed by atoms with Gasteiger partial charge in [-0.3, -0.25) is 0 Å². The first-order valence-electron chi connectivity index (χ1n) is 10.5. The van der Waals surface area contributed by atoms with Crippen LogP contribution in [0, 0.1) is 11.2 Å². The summed E-state index contributed by atoms with van der Waals surface area (Å²) in [5, 5.41) is 0. The zero-order valence-corrected chi connectivity index (χ0v) is 18.4. The highest BCUT2D eigenvalue weighted by Crippen LogP contribution is 2.39. The van der Waals surface area contributed by atoms with Crippen molar-refractivity contribution in [2.75, 3.05) is 27.7 Å². The van der Waals surface area contributed by atoms with Crippen molar-refractivity contribution in [3.63, 3.8) is 0 Å². The number of nitrogens with zero attached hydrogens (tertiary/aromatic N) is 1. The lowest BCUT2D eigenvalue weighted by Crippen LogP contribution is -2.41. The van der Waals surface area contributed by atoms with Gasteiger partial charge in [0.15, 0.2) is 0 Å². The van der Waals surface area contributed by atoms with E-state index in [2.05, 4.69) is 51.0 Å². The topological polar surface area (TPSA) is 21.7 Å². The van der Waals surface area contributed by atoms with E-state index >= 15 is 0 Å². The molecule has 0 aliphatic heterocycles. The Morgan fingerprint density at radius 1 is 1.10 bits per heavy atom. The predicted octanol–water partition coefficient (Wildman–Crippen LogP) is 5.57. The van der Waals surface area contributed by atoms with Gasteiger partial charge < -0.3 is 14.4 Å². The van der Waals surface area contributed by atoms with Crippen LogP contribution in [-0.2, 0) is 11.2 Å². The fourth-order valence-electron chi connectivity index (χ4n) is 4.39. The molecule has 4 heteroatoms. The number of benzene rings is 2. The van der Waals surface area contributed by atoms with E-state index in [1.807, 2.05) is 6.07 Å². The Bertz CT molecular complexity index is 818. The molecule has 2 aromatic carbocycles. The van der Waals surface area contributed by atoms with Gasteiger partial charge in [0.1, 0.15) is 11.6 Å². The highest BCUT2D eigenvalue weighted by molar-refractivity contribution is 5.69. The Kier molecular flexibility index (Phi) is 6.97. The summed E-state index contributed by atoms with van der Waals surface area (Å²) >= 11 is 0. The quantitative estimate of drug-likeness (QED) is 0.608. The molecule has 1 aliphatic carbocycles. The molecule has 0 spiro atoms. The lowest BCUT2D eigenvalue weighted by molar-refractivity contribution is -0.0555. The van der Waals surface area contributed by atoms with Gasteiger partial charge in [0.25, 0.3) is 0 Å². The number of hydrogen-bond acceptors (Lipinski definition) is 3. The third-order valence-corrected chi connectivity index (χ3v) is 6.01. The highest BCUT2D eigenvalue weighted by atomic mass is 19.1. The average molecular weight is 400 g/mol. The van der Waals surface area contributed by atoms with Gasteiger partial charge in [0.2, 0.25) is 0 Å². The molecule has 0 heterocycles. The van der Waals surface area contributed by atoms with Crippen LogP contribution >= 0.6 is 0 Å². The lowest BCUT2D eigenvalue weighted by Gasteiger charge is -2.41. The van der Waals surface area contributed by atoms with Crippen LogP contribution in [0.5, 0.6) is 5.75 Å². The van der Waals surface area contributed by atoms with E-state index < -0.39 is 0 Å². The molecule has 0 bridgehead atoms. The largest absolute Gasteiger partial charge is 0.490 e. The Morgan fingerprint density at radius 2 is 1.90 bits per heavy atom. The highest BCUT2D eigenvalue weighted by Gasteiger charge is 2.37. The van der Waals surface area contributed by atoms with E-state index in [1.165, 1.54) is 11.6 Å². The minimum Gasteiger partial charge on any atom is -0.490 e. The van der Waals surface area contributed by atoms with E-state index in [4.69, 9.17) is 9.47 Å². The molecule has 0 aromatic heterocycles. The van der Waals surface area contributed by atoms with Crippen molar-refractivity contribution in [2.24, 2.45) is 5.41 Å². The van der Waals surface area contributed by atoms with Gasteiger partial charge in [0.05, 0.1) is 12.2 Å². The first-order valence-corrected chi connectivity index (χ1v) is 10.5. The third kappa shape index (κ3) is 5.58.